The van der Waals surface area contributed by atoms with Crippen LogP contribution < -0.4 is 0 Å². The minimum atomic E-state index is -4.41. The molecule has 168 valence electrons. The smallest absolute Gasteiger partial charge is 0.416 e. The third-order valence-corrected chi connectivity index (χ3v) is 6.34. The Morgan fingerprint density at radius 1 is 1.19 bits per heavy atom. The maximum absolute atomic E-state index is 13.1. The summed E-state index contributed by atoms with van der Waals surface area (Å²) in [6, 6.07) is 14.5. The molecule has 1 heterocycles. The van der Waals surface area contributed by atoms with Crippen molar-refractivity contribution in [2.24, 2.45) is 0 Å². The topological polar surface area (TPSA) is 46.3 Å². The van der Waals surface area contributed by atoms with Gasteiger partial charge in [-0.1, -0.05) is 30.3 Å². The van der Waals surface area contributed by atoms with E-state index in [2.05, 4.69) is 4.98 Å². The molecular formula is C24H23F3N2O2S. The van der Waals surface area contributed by atoms with Crippen LogP contribution in [0.1, 0.15) is 42.6 Å². The number of benzene rings is 2. The normalized spacial score (nSPS) is 14.9. The molecule has 1 aliphatic rings. The lowest BCUT2D eigenvalue weighted by Gasteiger charge is -2.30. The monoisotopic (exact) mass is 460 g/mol. The summed E-state index contributed by atoms with van der Waals surface area (Å²) < 4.78 is 44.8. The highest BCUT2D eigenvalue weighted by molar-refractivity contribution is 7.99. The largest absolute Gasteiger partial charge is 0.444 e. The van der Waals surface area contributed by atoms with E-state index in [0.29, 0.717) is 17.2 Å². The summed E-state index contributed by atoms with van der Waals surface area (Å²) >= 11 is 1.42. The molecule has 0 saturated heterocycles. The fourth-order valence-corrected chi connectivity index (χ4v) is 4.40. The van der Waals surface area contributed by atoms with Gasteiger partial charge in [0.05, 0.1) is 23.1 Å². The van der Waals surface area contributed by atoms with E-state index in [9.17, 15) is 18.0 Å². The maximum atomic E-state index is 13.1. The highest BCUT2D eigenvalue weighted by Gasteiger charge is 2.37. The van der Waals surface area contributed by atoms with Crippen molar-refractivity contribution in [3.8, 4) is 11.5 Å². The summed E-state index contributed by atoms with van der Waals surface area (Å²) in [6.45, 7) is 1.79. The van der Waals surface area contributed by atoms with E-state index < -0.39 is 17.8 Å². The highest BCUT2D eigenvalue weighted by atomic mass is 32.2. The summed E-state index contributed by atoms with van der Waals surface area (Å²) in [5.74, 6) is 1.20. The number of oxazole rings is 1. The van der Waals surface area contributed by atoms with Crippen molar-refractivity contribution >= 4 is 17.7 Å². The lowest BCUT2D eigenvalue weighted by atomic mass is 10.0. The van der Waals surface area contributed by atoms with Crippen LogP contribution in [-0.4, -0.2) is 27.6 Å². The fraction of sp³-hybridized carbons (Fsp3) is 0.333. The molecule has 1 aliphatic carbocycles. The molecule has 1 amide bonds. The Morgan fingerprint density at radius 3 is 2.62 bits per heavy atom. The molecule has 4 nitrogen and oxygen atoms in total. The Bertz CT molecular complexity index is 1060. The van der Waals surface area contributed by atoms with Crippen molar-refractivity contribution in [3.05, 3.63) is 77.7 Å². The van der Waals surface area contributed by atoms with Crippen LogP contribution in [0.3, 0.4) is 0 Å². The van der Waals surface area contributed by atoms with Gasteiger partial charge >= 0.3 is 6.18 Å². The number of aromatic nitrogens is 1. The molecular weight excluding hydrogens is 437 g/mol. The van der Waals surface area contributed by atoms with E-state index >= 15 is 0 Å². The highest BCUT2D eigenvalue weighted by Crippen LogP contribution is 2.37. The average molecular weight is 461 g/mol. The van der Waals surface area contributed by atoms with Crippen LogP contribution in [0.4, 0.5) is 13.2 Å². The van der Waals surface area contributed by atoms with Crippen molar-refractivity contribution in [1.29, 1.82) is 0 Å². The van der Waals surface area contributed by atoms with Crippen LogP contribution in [0, 0.1) is 0 Å². The van der Waals surface area contributed by atoms with Crippen molar-refractivity contribution < 1.29 is 22.4 Å². The molecule has 0 aliphatic heterocycles. The van der Waals surface area contributed by atoms with Gasteiger partial charge in [-0.25, -0.2) is 4.98 Å². The zero-order valence-electron chi connectivity index (χ0n) is 17.5. The van der Waals surface area contributed by atoms with E-state index in [0.717, 1.165) is 36.2 Å². The van der Waals surface area contributed by atoms with Gasteiger partial charge in [-0.15, -0.1) is 11.8 Å². The summed E-state index contributed by atoms with van der Waals surface area (Å²) in [6.07, 6.45) is -1.06. The second-order valence-corrected chi connectivity index (χ2v) is 8.82. The molecule has 32 heavy (non-hydrogen) atoms. The van der Waals surface area contributed by atoms with Gasteiger partial charge in [-0.05, 0) is 49.6 Å². The van der Waals surface area contributed by atoms with Gasteiger partial charge in [0.25, 0.3) is 0 Å². The third kappa shape index (κ3) is 5.35. The molecule has 0 spiro atoms. The SMILES string of the molecule is CC(c1cccc(C(F)(F)F)c1)N(C(=O)CSCc1coc(-c2ccccc2)n1)C1CC1. The van der Waals surface area contributed by atoms with Gasteiger partial charge in [0.2, 0.25) is 11.8 Å². The summed E-state index contributed by atoms with van der Waals surface area (Å²) in [5.41, 5.74) is 1.42. The van der Waals surface area contributed by atoms with Crippen LogP contribution >= 0.6 is 11.8 Å². The molecule has 8 heteroatoms. The zero-order valence-corrected chi connectivity index (χ0v) is 18.3. The van der Waals surface area contributed by atoms with E-state index in [4.69, 9.17) is 4.42 Å². The number of hydrogen-bond donors (Lipinski definition) is 0. The number of rotatable bonds is 8. The molecule has 1 atom stereocenters. The number of amides is 1. The molecule has 0 bridgehead atoms. The predicted octanol–water partition coefficient (Wildman–Crippen LogP) is 6.35. The Balaban J connectivity index is 1.38. The maximum Gasteiger partial charge on any atom is 0.416 e. The quantitative estimate of drug-likeness (QED) is 0.393. The third-order valence-electron chi connectivity index (χ3n) is 5.39. The molecule has 3 aromatic rings. The Morgan fingerprint density at radius 2 is 1.94 bits per heavy atom. The van der Waals surface area contributed by atoms with Crippen LogP contribution in [0.25, 0.3) is 11.5 Å². The lowest BCUT2D eigenvalue weighted by molar-refractivity contribution is -0.137. The molecule has 1 aromatic heterocycles. The van der Waals surface area contributed by atoms with Gasteiger partial charge in [0, 0.05) is 17.4 Å². The average Bonchev–Trinajstić information content (AvgIpc) is 3.50. The van der Waals surface area contributed by atoms with E-state index in [1.165, 1.54) is 17.8 Å². The number of thioether (sulfide) groups is 1. The number of alkyl halides is 3. The van der Waals surface area contributed by atoms with Crippen LogP contribution in [0.5, 0.6) is 0 Å². The molecule has 1 unspecified atom stereocenters. The van der Waals surface area contributed by atoms with E-state index in [1.807, 2.05) is 30.3 Å². The second-order valence-electron chi connectivity index (χ2n) is 7.83. The van der Waals surface area contributed by atoms with Crippen LogP contribution in [0.2, 0.25) is 0 Å². The first-order chi connectivity index (χ1) is 15.3. The standard InChI is InChI=1S/C24H23F3N2O2S/c1-16(18-8-5-9-19(12-18)24(25,26)27)29(21-10-11-21)22(30)15-32-14-20-13-31-23(28-20)17-6-3-2-4-7-17/h2-9,12-13,16,21H,10-11,14-15H2,1H3. The van der Waals surface area contributed by atoms with Crippen LogP contribution in [-0.2, 0) is 16.7 Å². The number of carbonyl (C=O) groups excluding carboxylic acids is 1. The second kappa shape index (κ2) is 9.40. The Hall–Kier alpha value is -2.74. The van der Waals surface area contributed by atoms with E-state index in [-0.39, 0.29) is 17.7 Å². The van der Waals surface area contributed by atoms with Gasteiger partial charge in [-0.2, -0.15) is 13.2 Å². The minimum Gasteiger partial charge on any atom is -0.444 e. The predicted molar refractivity (Wildman–Crippen MR) is 118 cm³/mol. The summed E-state index contributed by atoms with van der Waals surface area (Å²) in [5, 5.41) is 0. The van der Waals surface area contributed by atoms with E-state index in [1.54, 1.807) is 24.2 Å². The molecule has 4 rings (SSSR count). The minimum absolute atomic E-state index is 0.0748. The molecule has 1 saturated carbocycles. The number of hydrogen-bond acceptors (Lipinski definition) is 4. The summed E-state index contributed by atoms with van der Waals surface area (Å²) in [4.78, 5) is 19.2. The zero-order chi connectivity index (χ0) is 22.7. The van der Waals surface area contributed by atoms with Gasteiger partial charge in [0.15, 0.2) is 0 Å². The van der Waals surface area contributed by atoms with Gasteiger partial charge in [0.1, 0.15) is 6.26 Å². The molecule has 0 N–H and O–H groups in total. The van der Waals surface area contributed by atoms with Crippen molar-refractivity contribution in [3.63, 3.8) is 0 Å². The fourth-order valence-electron chi connectivity index (χ4n) is 3.63. The first-order valence-electron chi connectivity index (χ1n) is 10.4. The van der Waals surface area contributed by atoms with Crippen molar-refractivity contribution in [2.75, 3.05) is 5.75 Å². The van der Waals surface area contributed by atoms with Gasteiger partial charge < -0.3 is 9.32 Å². The first kappa shape index (κ1) is 22.5. The molecule has 1 fully saturated rings. The van der Waals surface area contributed by atoms with Crippen molar-refractivity contribution in [1.82, 2.24) is 9.88 Å². The summed E-state index contributed by atoms with van der Waals surface area (Å²) in [7, 11) is 0. The molecule has 2 aromatic carbocycles. The van der Waals surface area contributed by atoms with Crippen molar-refractivity contribution in [2.45, 2.75) is 43.8 Å². The Labute approximate surface area is 188 Å². The van der Waals surface area contributed by atoms with Gasteiger partial charge in [-0.3, -0.25) is 4.79 Å². The Kier molecular flexibility index (Phi) is 6.60. The first-order valence-corrected chi connectivity index (χ1v) is 11.5. The number of carbonyl (C=O) groups is 1. The number of halogens is 3. The van der Waals surface area contributed by atoms with Crippen LogP contribution in [0.15, 0.2) is 65.3 Å². The number of nitrogens with zero attached hydrogens (tertiary/aromatic N) is 2. The molecule has 0 radical (unpaired) electrons. The lowest BCUT2D eigenvalue weighted by Crippen LogP contribution is -2.37.